The van der Waals surface area contributed by atoms with Crippen LogP contribution in [-0.2, 0) is 4.79 Å². The maximum absolute atomic E-state index is 10.5. The lowest BCUT2D eigenvalue weighted by Gasteiger charge is -2.10. The molecule has 0 aliphatic heterocycles. The minimum atomic E-state index is -1.85. The highest BCUT2D eigenvalue weighted by Crippen LogP contribution is 2.27. The van der Waals surface area contributed by atoms with E-state index in [-0.39, 0.29) is 5.01 Å². The Labute approximate surface area is 94.6 Å². The molecule has 0 bridgehead atoms. The number of fused-ring (bicyclic) bond motifs is 1. The molecule has 1 aromatic carbocycles. The first-order valence-corrected chi connectivity index (χ1v) is 5.35. The third-order valence-corrected chi connectivity index (χ3v) is 3.22. The second kappa shape index (κ2) is 4.17. The van der Waals surface area contributed by atoms with Gasteiger partial charge in [-0.05, 0) is 12.1 Å². The molecule has 0 fully saturated rings. The normalized spacial score (nSPS) is 14.9. The van der Waals surface area contributed by atoms with Crippen molar-refractivity contribution in [2.45, 2.75) is 12.2 Å². The van der Waals surface area contributed by atoms with Crippen LogP contribution >= 0.6 is 11.3 Å². The van der Waals surface area contributed by atoms with Gasteiger partial charge in [-0.1, -0.05) is 12.1 Å². The number of para-hydroxylation sites is 1. The first-order chi connectivity index (χ1) is 7.59. The summed E-state index contributed by atoms with van der Waals surface area (Å²) < 4.78 is 0.842. The summed E-state index contributed by atoms with van der Waals surface area (Å²) in [6.45, 7) is 0. The van der Waals surface area contributed by atoms with Gasteiger partial charge in [0.15, 0.2) is 6.10 Å². The summed E-state index contributed by atoms with van der Waals surface area (Å²) in [6, 6.07) is 7.20. The number of benzene rings is 1. The molecule has 1 heterocycles. The van der Waals surface area contributed by atoms with Crippen LogP contribution in [0.25, 0.3) is 10.2 Å². The molecule has 2 aromatic rings. The Morgan fingerprint density at radius 1 is 1.31 bits per heavy atom. The Morgan fingerprint density at radius 2 is 2.00 bits per heavy atom. The van der Waals surface area contributed by atoms with Crippen LogP contribution in [0.4, 0.5) is 0 Å². The summed E-state index contributed by atoms with van der Waals surface area (Å²) in [5.74, 6) is -1.47. The molecule has 6 heteroatoms. The van der Waals surface area contributed by atoms with Crippen molar-refractivity contribution in [3.05, 3.63) is 29.3 Å². The minimum Gasteiger partial charge on any atom is -0.479 e. The van der Waals surface area contributed by atoms with Crippen molar-refractivity contribution < 1.29 is 20.1 Å². The number of carboxylic acids is 1. The molecular weight excluding hydrogens is 230 g/mol. The number of aliphatic carboxylic acids is 1. The van der Waals surface area contributed by atoms with E-state index in [1.165, 1.54) is 11.3 Å². The van der Waals surface area contributed by atoms with Gasteiger partial charge in [0.05, 0.1) is 10.2 Å². The van der Waals surface area contributed by atoms with E-state index in [0.29, 0.717) is 5.52 Å². The molecule has 0 radical (unpaired) electrons. The zero-order chi connectivity index (χ0) is 11.7. The van der Waals surface area contributed by atoms with E-state index >= 15 is 0 Å². The van der Waals surface area contributed by atoms with Crippen LogP contribution in [0.2, 0.25) is 0 Å². The van der Waals surface area contributed by atoms with Crippen LogP contribution in [0, 0.1) is 0 Å². The van der Waals surface area contributed by atoms with Crippen LogP contribution in [0.5, 0.6) is 0 Å². The summed E-state index contributed by atoms with van der Waals surface area (Å²) in [5.41, 5.74) is 0.680. The van der Waals surface area contributed by atoms with Crippen molar-refractivity contribution in [2.75, 3.05) is 0 Å². The van der Waals surface area contributed by atoms with Gasteiger partial charge in [-0.3, -0.25) is 0 Å². The fraction of sp³-hybridized carbons (Fsp3) is 0.200. The zero-order valence-corrected chi connectivity index (χ0v) is 8.89. The van der Waals surface area contributed by atoms with Crippen molar-refractivity contribution in [3.63, 3.8) is 0 Å². The molecule has 0 saturated carbocycles. The number of rotatable bonds is 3. The number of carboxylic acid groups (broad SMARTS) is 1. The van der Waals surface area contributed by atoms with Crippen molar-refractivity contribution in [1.82, 2.24) is 4.98 Å². The lowest BCUT2D eigenvalue weighted by Crippen LogP contribution is -2.27. The van der Waals surface area contributed by atoms with Gasteiger partial charge in [-0.2, -0.15) is 0 Å². The number of aromatic nitrogens is 1. The second-order valence-electron chi connectivity index (χ2n) is 3.25. The van der Waals surface area contributed by atoms with E-state index < -0.39 is 18.2 Å². The quantitative estimate of drug-likeness (QED) is 0.736. The van der Waals surface area contributed by atoms with Gasteiger partial charge in [-0.25, -0.2) is 9.78 Å². The highest BCUT2D eigenvalue weighted by molar-refractivity contribution is 7.18. The summed E-state index contributed by atoms with van der Waals surface area (Å²) in [4.78, 5) is 14.6. The van der Waals surface area contributed by atoms with Gasteiger partial charge in [-0.15, -0.1) is 11.3 Å². The molecule has 0 aliphatic rings. The van der Waals surface area contributed by atoms with E-state index in [0.717, 1.165) is 4.70 Å². The van der Waals surface area contributed by atoms with Crippen LogP contribution in [0.3, 0.4) is 0 Å². The Bertz CT molecular complexity index is 491. The smallest absolute Gasteiger partial charge is 0.335 e. The Kier molecular flexibility index (Phi) is 2.86. The van der Waals surface area contributed by atoms with Crippen LogP contribution < -0.4 is 0 Å². The topological polar surface area (TPSA) is 90.7 Å². The van der Waals surface area contributed by atoms with Gasteiger partial charge < -0.3 is 15.3 Å². The number of aliphatic hydroxyl groups is 2. The summed E-state index contributed by atoms with van der Waals surface area (Å²) in [5, 5.41) is 27.5. The summed E-state index contributed by atoms with van der Waals surface area (Å²) in [7, 11) is 0. The van der Waals surface area contributed by atoms with E-state index in [9.17, 15) is 15.0 Å². The third kappa shape index (κ3) is 1.90. The highest BCUT2D eigenvalue weighted by atomic mass is 32.1. The number of hydrogen-bond donors (Lipinski definition) is 3. The fourth-order valence-corrected chi connectivity index (χ4v) is 2.27. The fourth-order valence-electron chi connectivity index (χ4n) is 1.29. The van der Waals surface area contributed by atoms with Crippen molar-refractivity contribution >= 4 is 27.5 Å². The van der Waals surface area contributed by atoms with Gasteiger partial charge in [0.1, 0.15) is 11.1 Å². The molecule has 5 nitrogen and oxygen atoms in total. The molecule has 16 heavy (non-hydrogen) atoms. The number of thiazole rings is 1. The molecule has 2 unspecified atom stereocenters. The lowest BCUT2D eigenvalue weighted by molar-refractivity contribution is -0.153. The third-order valence-electron chi connectivity index (χ3n) is 2.12. The molecule has 0 amide bonds. The van der Waals surface area contributed by atoms with E-state index in [1.807, 2.05) is 12.1 Å². The number of nitrogens with zero attached hydrogens (tertiary/aromatic N) is 1. The van der Waals surface area contributed by atoms with E-state index in [1.54, 1.807) is 12.1 Å². The van der Waals surface area contributed by atoms with E-state index in [4.69, 9.17) is 5.11 Å². The average Bonchev–Trinajstić information content (AvgIpc) is 2.70. The number of hydrogen-bond acceptors (Lipinski definition) is 5. The molecule has 2 atom stereocenters. The van der Waals surface area contributed by atoms with E-state index in [2.05, 4.69) is 4.98 Å². The molecule has 0 aliphatic carbocycles. The summed E-state index contributed by atoms with van der Waals surface area (Å²) >= 11 is 1.17. The first kappa shape index (κ1) is 11.0. The maximum atomic E-state index is 10.5. The number of aliphatic hydroxyl groups excluding tert-OH is 2. The Hall–Kier alpha value is -1.50. The van der Waals surface area contributed by atoms with Crippen LogP contribution in [-0.4, -0.2) is 32.4 Å². The standard InChI is InChI=1S/C10H9NO4S/c12-7(8(13)10(14)15)9-11-5-3-1-2-4-6(5)16-9/h1-4,7-8,12-13H,(H,14,15). The lowest BCUT2D eigenvalue weighted by atomic mass is 10.2. The van der Waals surface area contributed by atoms with Crippen molar-refractivity contribution in [3.8, 4) is 0 Å². The van der Waals surface area contributed by atoms with Crippen LogP contribution in [0.1, 0.15) is 11.1 Å². The molecule has 2 rings (SSSR count). The van der Waals surface area contributed by atoms with Crippen molar-refractivity contribution in [2.24, 2.45) is 0 Å². The van der Waals surface area contributed by atoms with Gasteiger partial charge in [0, 0.05) is 0 Å². The van der Waals surface area contributed by atoms with Gasteiger partial charge >= 0.3 is 5.97 Å². The van der Waals surface area contributed by atoms with Crippen LogP contribution in [0.15, 0.2) is 24.3 Å². The molecule has 0 saturated heterocycles. The molecule has 0 spiro atoms. The largest absolute Gasteiger partial charge is 0.479 e. The molecule has 1 aromatic heterocycles. The predicted octanol–water partition coefficient (Wildman–Crippen LogP) is 0.775. The highest BCUT2D eigenvalue weighted by Gasteiger charge is 2.27. The molecule has 3 N–H and O–H groups in total. The minimum absolute atomic E-state index is 0.205. The Morgan fingerprint density at radius 3 is 2.62 bits per heavy atom. The SMILES string of the molecule is O=C(O)C(O)C(O)c1nc2ccccc2s1. The molecule has 84 valence electrons. The number of carbonyl (C=O) groups is 1. The molecular formula is C10H9NO4S. The maximum Gasteiger partial charge on any atom is 0.335 e. The zero-order valence-electron chi connectivity index (χ0n) is 8.07. The Balaban J connectivity index is 2.36. The van der Waals surface area contributed by atoms with Crippen molar-refractivity contribution in [1.29, 1.82) is 0 Å². The van der Waals surface area contributed by atoms with Gasteiger partial charge in [0.2, 0.25) is 0 Å². The first-order valence-electron chi connectivity index (χ1n) is 4.54. The second-order valence-corrected chi connectivity index (χ2v) is 4.31. The van der Waals surface area contributed by atoms with Gasteiger partial charge in [0.25, 0.3) is 0 Å². The summed E-state index contributed by atoms with van der Waals surface area (Å²) in [6.07, 6.45) is -3.34. The average molecular weight is 239 g/mol. The monoisotopic (exact) mass is 239 g/mol. The predicted molar refractivity (Wildman–Crippen MR) is 58.2 cm³/mol.